The first-order valence-corrected chi connectivity index (χ1v) is 7.56. The summed E-state index contributed by atoms with van der Waals surface area (Å²) >= 11 is 0. The van der Waals surface area contributed by atoms with Gasteiger partial charge in [-0.25, -0.2) is 0 Å². The second-order valence-corrected chi connectivity index (χ2v) is 6.17. The number of hydrogen-bond donors (Lipinski definition) is 0. The summed E-state index contributed by atoms with van der Waals surface area (Å²) in [4.78, 5) is 4.83. The highest BCUT2D eigenvalue weighted by Gasteiger charge is 2.36. The van der Waals surface area contributed by atoms with Gasteiger partial charge in [-0.1, -0.05) is 35.9 Å². The van der Waals surface area contributed by atoms with E-state index in [9.17, 15) is 0 Å². The standard InChI is InChI=1S/C19H20N2/c1-13-10-14(2)19(15(3)11-13)21-9-8-20-17-7-5-4-6-16(17)12-18(20)21/h4-11,18H,12H2,1-3H3. The molecule has 2 aromatic carbocycles. The second kappa shape index (κ2) is 4.39. The molecule has 0 aromatic heterocycles. The van der Waals surface area contributed by atoms with E-state index >= 15 is 0 Å². The van der Waals surface area contributed by atoms with E-state index in [1.807, 2.05) is 0 Å². The smallest absolute Gasteiger partial charge is 0.114 e. The first kappa shape index (κ1) is 12.5. The predicted octanol–water partition coefficient (Wildman–Crippen LogP) is 4.29. The summed E-state index contributed by atoms with van der Waals surface area (Å²) in [5.74, 6) is 0. The van der Waals surface area contributed by atoms with E-state index in [4.69, 9.17) is 0 Å². The molecule has 0 fully saturated rings. The van der Waals surface area contributed by atoms with Crippen LogP contribution in [0.1, 0.15) is 22.3 Å². The van der Waals surface area contributed by atoms with Crippen LogP contribution in [0.25, 0.3) is 0 Å². The van der Waals surface area contributed by atoms with Gasteiger partial charge in [0.15, 0.2) is 0 Å². The van der Waals surface area contributed by atoms with Crippen molar-refractivity contribution in [2.75, 3.05) is 9.80 Å². The van der Waals surface area contributed by atoms with Crippen molar-refractivity contribution in [1.82, 2.24) is 0 Å². The number of para-hydroxylation sites is 1. The lowest BCUT2D eigenvalue weighted by molar-refractivity contribution is 0.716. The zero-order chi connectivity index (χ0) is 14.6. The van der Waals surface area contributed by atoms with E-state index in [1.165, 1.54) is 33.6 Å². The first-order valence-electron chi connectivity index (χ1n) is 7.56. The molecule has 0 aliphatic carbocycles. The molecule has 2 heteroatoms. The molecular formula is C19H20N2. The summed E-state index contributed by atoms with van der Waals surface area (Å²) < 4.78 is 0. The molecule has 21 heavy (non-hydrogen) atoms. The number of nitrogens with zero attached hydrogens (tertiary/aromatic N) is 2. The first-order chi connectivity index (χ1) is 10.1. The minimum Gasteiger partial charge on any atom is -0.325 e. The fourth-order valence-corrected chi connectivity index (χ4v) is 3.85. The van der Waals surface area contributed by atoms with E-state index in [0.29, 0.717) is 6.17 Å². The molecule has 2 nitrogen and oxygen atoms in total. The summed E-state index contributed by atoms with van der Waals surface area (Å²) in [5.41, 5.74) is 8.20. The van der Waals surface area contributed by atoms with Crippen molar-refractivity contribution in [3.63, 3.8) is 0 Å². The van der Waals surface area contributed by atoms with Crippen molar-refractivity contribution in [1.29, 1.82) is 0 Å². The topological polar surface area (TPSA) is 6.48 Å². The molecule has 0 N–H and O–H groups in total. The molecule has 1 atom stereocenters. The lowest BCUT2D eigenvalue weighted by atomic mass is 10.0. The van der Waals surface area contributed by atoms with Crippen LogP contribution in [-0.4, -0.2) is 6.17 Å². The Morgan fingerprint density at radius 3 is 2.33 bits per heavy atom. The van der Waals surface area contributed by atoms with Crippen molar-refractivity contribution in [2.45, 2.75) is 33.4 Å². The normalized spacial score (nSPS) is 19.1. The maximum Gasteiger partial charge on any atom is 0.114 e. The van der Waals surface area contributed by atoms with Crippen LogP contribution in [0.2, 0.25) is 0 Å². The van der Waals surface area contributed by atoms with Gasteiger partial charge in [0.1, 0.15) is 6.17 Å². The summed E-state index contributed by atoms with van der Waals surface area (Å²) in [6, 6.07) is 13.3. The van der Waals surface area contributed by atoms with Crippen molar-refractivity contribution < 1.29 is 0 Å². The minimum absolute atomic E-state index is 0.391. The van der Waals surface area contributed by atoms with Crippen LogP contribution in [0.5, 0.6) is 0 Å². The van der Waals surface area contributed by atoms with E-state index in [-0.39, 0.29) is 0 Å². The average Bonchev–Trinajstić information content (AvgIpc) is 2.97. The Morgan fingerprint density at radius 2 is 1.57 bits per heavy atom. The van der Waals surface area contributed by atoms with E-state index in [0.717, 1.165) is 6.42 Å². The highest BCUT2D eigenvalue weighted by Crippen LogP contribution is 2.40. The summed E-state index contributed by atoms with van der Waals surface area (Å²) in [6.07, 6.45) is 5.92. The summed E-state index contributed by atoms with van der Waals surface area (Å²) in [6.45, 7) is 6.60. The Kier molecular flexibility index (Phi) is 2.61. The van der Waals surface area contributed by atoms with Crippen LogP contribution in [0, 0.1) is 20.8 Å². The summed E-state index contributed by atoms with van der Waals surface area (Å²) in [5, 5.41) is 0. The Bertz CT molecular complexity index is 722. The van der Waals surface area contributed by atoms with Crippen molar-refractivity contribution in [3.05, 3.63) is 71.1 Å². The lowest BCUT2D eigenvalue weighted by Crippen LogP contribution is -2.37. The number of aryl methyl sites for hydroxylation is 3. The molecule has 1 unspecified atom stereocenters. The molecule has 0 radical (unpaired) electrons. The Morgan fingerprint density at radius 1 is 0.905 bits per heavy atom. The van der Waals surface area contributed by atoms with Crippen LogP contribution in [0.3, 0.4) is 0 Å². The van der Waals surface area contributed by atoms with Crippen molar-refractivity contribution >= 4 is 11.4 Å². The van der Waals surface area contributed by atoms with Gasteiger partial charge in [-0.2, -0.15) is 0 Å². The van der Waals surface area contributed by atoms with Gasteiger partial charge in [-0.3, -0.25) is 0 Å². The highest BCUT2D eigenvalue weighted by atomic mass is 15.4. The van der Waals surface area contributed by atoms with Crippen LogP contribution >= 0.6 is 0 Å². The van der Waals surface area contributed by atoms with Crippen LogP contribution in [0.4, 0.5) is 11.4 Å². The fourth-order valence-electron chi connectivity index (χ4n) is 3.85. The van der Waals surface area contributed by atoms with E-state index in [1.54, 1.807) is 0 Å². The largest absolute Gasteiger partial charge is 0.325 e. The molecule has 2 aromatic rings. The lowest BCUT2D eigenvalue weighted by Gasteiger charge is -2.30. The molecule has 2 heterocycles. The third-order valence-electron chi connectivity index (χ3n) is 4.60. The van der Waals surface area contributed by atoms with Gasteiger partial charge in [0, 0.05) is 30.2 Å². The van der Waals surface area contributed by atoms with Crippen LogP contribution < -0.4 is 9.80 Å². The number of hydrogen-bond acceptors (Lipinski definition) is 2. The Labute approximate surface area is 126 Å². The number of rotatable bonds is 1. The molecule has 2 aliphatic heterocycles. The number of fused-ring (bicyclic) bond motifs is 3. The van der Waals surface area contributed by atoms with Crippen LogP contribution in [0.15, 0.2) is 48.8 Å². The molecule has 0 spiro atoms. The van der Waals surface area contributed by atoms with Gasteiger partial charge in [0.05, 0.1) is 0 Å². The molecule has 0 bridgehead atoms. The SMILES string of the molecule is Cc1cc(C)c(N2C=CN3c4ccccc4CC32)c(C)c1. The maximum atomic E-state index is 2.43. The minimum atomic E-state index is 0.391. The summed E-state index contributed by atoms with van der Waals surface area (Å²) in [7, 11) is 0. The third kappa shape index (κ3) is 1.79. The number of benzene rings is 2. The zero-order valence-corrected chi connectivity index (χ0v) is 12.8. The van der Waals surface area contributed by atoms with Gasteiger partial charge in [0.2, 0.25) is 0 Å². The average molecular weight is 276 g/mol. The van der Waals surface area contributed by atoms with Gasteiger partial charge in [-0.15, -0.1) is 0 Å². The molecule has 0 saturated heterocycles. The molecule has 0 amide bonds. The van der Waals surface area contributed by atoms with Gasteiger partial charge >= 0.3 is 0 Å². The predicted molar refractivity (Wildman–Crippen MR) is 88.7 cm³/mol. The quantitative estimate of drug-likeness (QED) is 0.766. The van der Waals surface area contributed by atoms with Crippen LogP contribution in [-0.2, 0) is 6.42 Å². The monoisotopic (exact) mass is 276 g/mol. The molecule has 106 valence electrons. The highest BCUT2D eigenvalue weighted by molar-refractivity contribution is 5.71. The molecule has 2 aliphatic rings. The van der Waals surface area contributed by atoms with Gasteiger partial charge < -0.3 is 9.80 Å². The maximum absolute atomic E-state index is 2.43. The second-order valence-electron chi connectivity index (χ2n) is 6.17. The fraction of sp³-hybridized carbons (Fsp3) is 0.263. The van der Waals surface area contributed by atoms with E-state index in [2.05, 4.69) is 79.4 Å². The van der Waals surface area contributed by atoms with Gasteiger partial charge in [0.25, 0.3) is 0 Å². The zero-order valence-electron chi connectivity index (χ0n) is 12.8. The van der Waals surface area contributed by atoms with Crippen molar-refractivity contribution in [3.8, 4) is 0 Å². The number of anilines is 2. The van der Waals surface area contributed by atoms with E-state index < -0.39 is 0 Å². The molecule has 4 rings (SSSR count). The molecule has 0 saturated carbocycles. The third-order valence-corrected chi connectivity index (χ3v) is 4.60. The Hall–Kier alpha value is -2.22. The molecular weight excluding hydrogens is 256 g/mol. The van der Waals surface area contributed by atoms with Gasteiger partial charge in [-0.05, 0) is 43.5 Å². The Balaban J connectivity index is 1.77. The van der Waals surface area contributed by atoms with Crippen molar-refractivity contribution in [2.24, 2.45) is 0 Å².